The summed E-state index contributed by atoms with van der Waals surface area (Å²) in [4.78, 5) is 33.7. The molecule has 0 spiro atoms. The molecule has 0 bridgehead atoms. The Kier molecular flexibility index (Phi) is 5.82. The number of carbonyl (C=O) groups is 2. The van der Waals surface area contributed by atoms with E-state index in [2.05, 4.69) is 20.3 Å². The van der Waals surface area contributed by atoms with E-state index in [0.717, 1.165) is 23.1 Å². The van der Waals surface area contributed by atoms with Gasteiger partial charge in [-0.3, -0.25) is 25.0 Å². The molecule has 1 aromatic carbocycles. The van der Waals surface area contributed by atoms with Crippen molar-refractivity contribution >= 4 is 45.8 Å². The largest absolute Gasteiger partial charge is 0.468 e. The van der Waals surface area contributed by atoms with Crippen molar-refractivity contribution in [3.63, 3.8) is 0 Å². The van der Waals surface area contributed by atoms with Crippen LogP contribution in [0.1, 0.15) is 15.9 Å². The number of rotatable bonds is 6. The quantitative estimate of drug-likeness (QED) is 0.271. The first-order valence-corrected chi connectivity index (χ1v) is 8.31. The van der Waals surface area contributed by atoms with Gasteiger partial charge in [-0.2, -0.15) is 0 Å². The molecular weight excluding hydrogens is 356 g/mol. The average Bonchev–Trinajstić information content (AvgIpc) is 2.99. The van der Waals surface area contributed by atoms with Crippen LogP contribution in [0.15, 0.2) is 22.5 Å². The van der Waals surface area contributed by atoms with Crippen LogP contribution in [0, 0.1) is 17.0 Å². The monoisotopic (exact) mass is 368 g/mol. The Morgan fingerprint density at radius 2 is 2.17 bits per heavy atom. The number of nitro groups is 1. The summed E-state index contributed by atoms with van der Waals surface area (Å²) < 4.78 is 5.01. The number of anilines is 1. The van der Waals surface area contributed by atoms with Crippen molar-refractivity contribution in [1.29, 1.82) is 0 Å². The maximum absolute atomic E-state index is 12.3. The second-order valence-corrected chi connectivity index (χ2v) is 6.60. The van der Waals surface area contributed by atoms with Crippen LogP contribution in [-0.4, -0.2) is 39.9 Å². The number of esters is 1. The molecule has 24 heavy (non-hydrogen) atoms. The van der Waals surface area contributed by atoms with Crippen LogP contribution >= 0.6 is 23.1 Å². The first kappa shape index (κ1) is 17.8. The molecule has 0 radical (unpaired) electrons. The van der Waals surface area contributed by atoms with Gasteiger partial charge in [0.05, 0.1) is 17.8 Å². The Hall–Kier alpha value is -2.53. The van der Waals surface area contributed by atoms with Gasteiger partial charge in [0, 0.05) is 17.2 Å². The number of hydrogen-bond donors (Lipinski definition) is 1. The van der Waals surface area contributed by atoms with Crippen LogP contribution in [0.25, 0.3) is 0 Å². The Labute approximate surface area is 144 Å². The first-order valence-electron chi connectivity index (χ1n) is 6.51. The Morgan fingerprint density at radius 3 is 2.83 bits per heavy atom. The van der Waals surface area contributed by atoms with Crippen LogP contribution in [0.4, 0.5) is 10.8 Å². The van der Waals surface area contributed by atoms with Gasteiger partial charge in [0.1, 0.15) is 0 Å². The molecule has 2 rings (SSSR count). The minimum absolute atomic E-state index is 0.0864. The summed E-state index contributed by atoms with van der Waals surface area (Å²) in [5.74, 6) is -0.826. The summed E-state index contributed by atoms with van der Waals surface area (Å²) in [5.41, 5.74) is 0.321. The van der Waals surface area contributed by atoms with Crippen molar-refractivity contribution in [2.24, 2.45) is 0 Å². The standard InChI is InChI=1S/C13H12N4O5S2/c1-7-8(4-3-5-9(7)17(20)21)11(19)14-12-15-16-13(24-12)23-6-10(18)22-2/h3-5H,6H2,1-2H3,(H,14,15,19). The molecule has 0 atom stereocenters. The molecule has 1 amide bonds. The molecule has 0 aliphatic carbocycles. The molecule has 1 N–H and O–H groups in total. The van der Waals surface area contributed by atoms with Gasteiger partial charge in [-0.25, -0.2) is 0 Å². The number of nitrogens with zero attached hydrogens (tertiary/aromatic N) is 3. The molecule has 9 nitrogen and oxygen atoms in total. The zero-order valence-electron chi connectivity index (χ0n) is 12.6. The summed E-state index contributed by atoms with van der Waals surface area (Å²) in [6, 6.07) is 4.27. The lowest BCUT2D eigenvalue weighted by Crippen LogP contribution is -2.14. The number of amides is 1. The molecule has 0 saturated heterocycles. The fraction of sp³-hybridized carbons (Fsp3) is 0.231. The number of ether oxygens (including phenoxy) is 1. The Bertz CT molecular complexity index is 792. The fourth-order valence-electron chi connectivity index (χ4n) is 1.73. The third kappa shape index (κ3) is 4.26. The van der Waals surface area contributed by atoms with Crippen molar-refractivity contribution in [2.75, 3.05) is 18.2 Å². The number of carbonyl (C=O) groups excluding carboxylic acids is 2. The van der Waals surface area contributed by atoms with Gasteiger partial charge in [-0.05, 0) is 13.0 Å². The smallest absolute Gasteiger partial charge is 0.316 e. The van der Waals surface area contributed by atoms with Gasteiger partial charge >= 0.3 is 5.97 Å². The molecule has 11 heteroatoms. The van der Waals surface area contributed by atoms with Gasteiger partial charge in [-0.1, -0.05) is 29.2 Å². The highest BCUT2D eigenvalue weighted by Gasteiger charge is 2.19. The second kappa shape index (κ2) is 7.84. The van der Waals surface area contributed by atoms with Crippen molar-refractivity contribution in [3.8, 4) is 0 Å². The summed E-state index contributed by atoms with van der Waals surface area (Å²) in [6.45, 7) is 1.50. The fourth-order valence-corrected chi connectivity index (χ4v) is 3.31. The van der Waals surface area contributed by atoms with Gasteiger partial charge in [-0.15, -0.1) is 10.2 Å². The summed E-state index contributed by atoms with van der Waals surface area (Å²) in [7, 11) is 1.29. The highest BCUT2D eigenvalue weighted by molar-refractivity contribution is 8.01. The molecular formula is C13H12N4O5S2. The van der Waals surface area contributed by atoms with Crippen LogP contribution in [-0.2, 0) is 9.53 Å². The van der Waals surface area contributed by atoms with E-state index in [1.54, 1.807) is 0 Å². The van der Waals surface area contributed by atoms with E-state index in [9.17, 15) is 19.7 Å². The van der Waals surface area contributed by atoms with Gasteiger partial charge in [0.2, 0.25) is 5.13 Å². The van der Waals surface area contributed by atoms with E-state index in [-0.39, 0.29) is 27.7 Å². The molecule has 0 aliphatic heterocycles. The van der Waals surface area contributed by atoms with E-state index >= 15 is 0 Å². The number of methoxy groups -OCH3 is 1. The molecule has 0 fully saturated rings. The van der Waals surface area contributed by atoms with Crippen molar-refractivity contribution in [3.05, 3.63) is 39.4 Å². The second-order valence-electron chi connectivity index (χ2n) is 4.40. The topological polar surface area (TPSA) is 124 Å². The summed E-state index contributed by atoms with van der Waals surface area (Å²) in [6.07, 6.45) is 0. The molecule has 1 heterocycles. The average molecular weight is 368 g/mol. The predicted octanol–water partition coefficient (Wildman–Crippen LogP) is 2.27. The number of aromatic nitrogens is 2. The van der Waals surface area contributed by atoms with E-state index in [4.69, 9.17) is 0 Å². The lowest BCUT2D eigenvalue weighted by atomic mass is 10.1. The lowest BCUT2D eigenvalue weighted by molar-refractivity contribution is -0.385. The van der Waals surface area contributed by atoms with Gasteiger partial charge in [0.15, 0.2) is 4.34 Å². The van der Waals surface area contributed by atoms with E-state index in [0.29, 0.717) is 4.34 Å². The van der Waals surface area contributed by atoms with Crippen LogP contribution < -0.4 is 5.32 Å². The SMILES string of the molecule is COC(=O)CSc1nnc(NC(=O)c2cccc([N+](=O)[O-])c2C)s1. The molecule has 1 aromatic heterocycles. The maximum atomic E-state index is 12.3. The van der Waals surface area contributed by atoms with E-state index in [1.165, 1.54) is 32.2 Å². The number of thioether (sulfide) groups is 1. The van der Waals surface area contributed by atoms with E-state index in [1.807, 2.05) is 0 Å². The lowest BCUT2D eigenvalue weighted by Gasteiger charge is -2.05. The molecule has 126 valence electrons. The highest BCUT2D eigenvalue weighted by atomic mass is 32.2. The number of hydrogen-bond acceptors (Lipinski definition) is 9. The minimum atomic E-state index is -0.543. The van der Waals surface area contributed by atoms with E-state index < -0.39 is 16.8 Å². The summed E-state index contributed by atoms with van der Waals surface area (Å²) >= 11 is 2.23. The first-order chi connectivity index (χ1) is 11.4. The van der Waals surface area contributed by atoms with Crippen LogP contribution in [0.5, 0.6) is 0 Å². The maximum Gasteiger partial charge on any atom is 0.316 e. The van der Waals surface area contributed by atoms with Gasteiger partial charge < -0.3 is 4.74 Å². The van der Waals surface area contributed by atoms with Crippen molar-refractivity contribution in [1.82, 2.24) is 10.2 Å². The number of nitrogens with one attached hydrogen (secondary N) is 1. The van der Waals surface area contributed by atoms with Crippen molar-refractivity contribution in [2.45, 2.75) is 11.3 Å². The number of nitro benzene ring substituents is 1. The highest BCUT2D eigenvalue weighted by Crippen LogP contribution is 2.27. The molecule has 0 aliphatic rings. The third-order valence-corrected chi connectivity index (χ3v) is 4.86. The molecule has 2 aromatic rings. The number of benzene rings is 1. The zero-order valence-corrected chi connectivity index (χ0v) is 14.3. The Morgan fingerprint density at radius 1 is 1.42 bits per heavy atom. The summed E-state index contributed by atoms with van der Waals surface area (Å²) in [5, 5.41) is 21.3. The van der Waals surface area contributed by atoms with Crippen molar-refractivity contribution < 1.29 is 19.2 Å². The van der Waals surface area contributed by atoms with Crippen LogP contribution in [0.2, 0.25) is 0 Å². The predicted molar refractivity (Wildman–Crippen MR) is 88.4 cm³/mol. The molecule has 0 saturated carbocycles. The Balaban J connectivity index is 2.08. The third-order valence-electron chi connectivity index (χ3n) is 2.91. The zero-order chi connectivity index (χ0) is 17.7. The van der Waals surface area contributed by atoms with Crippen LogP contribution in [0.3, 0.4) is 0 Å². The minimum Gasteiger partial charge on any atom is -0.468 e. The molecule has 0 unspecified atom stereocenters. The normalized spacial score (nSPS) is 10.2. The van der Waals surface area contributed by atoms with Gasteiger partial charge in [0.25, 0.3) is 11.6 Å².